The number of fused-ring (bicyclic) bond motifs is 1. The van der Waals surface area contributed by atoms with Crippen LogP contribution in [0, 0.1) is 0 Å². The van der Waals surface area contributed by atoms with Gasteiger partial charge in [0, 0.05) is 23.4 Å². The monoisotopic (exact) mass is 316 g/mol. The molecule has 0 saturated carbocycles. The molecule has 0 radical (unpaired) electrons. The van der Waals surface area contributed by atoms with Crippen molar-refractivity contribution >= 4 is 23.1 Å². The number of hydrogen-bond acceptors (Lipinski definition) is 4. The molecule has 6 heteroatoms. The summed E-state index contributed by atoms with van der Waals surface area (Å²) < 4.78 is 0. The highest BCUT2D eigenvalue weighted by molar-refractivity contribution is 7.10. The van der Waals surface area contributed by atoms with Crippen LogP contribution in [-0.4, -0.2) is 27.4 Å². The van der Waals surface area contributed by atoms with Crippen LogP contribution in [0.1, 0.15) is 37.0 Å². The van der Waals surface area contributed by atoms with Gasteiger partial charge < -0.3 is 10.2 Å². The van der Waals surface area contributed by atoms with Crippen LogP contribution < -0.4 is 5.32 Å². The van der Waals surface area contributed by atoms with E-state index in [0.717, 1.165) is 18.8 Å². The van der Waals surface area contributed by atoms with E-state index in [1.807, 2.05) is 4.90 Å². The van der Waals surface area contributed by atoms with Crippen LogP contribution in [-0.2, 0) is 18.4 Å². The van der Waals surface area contributed by atoms with Crippen molar-refractivity contribution in [1.82, 2.24) is 14.9 Å². The van der Waals surface area contributed by atoms with E-state index >= 15 is 0 Å². The summed E-state index contributed by atoms with van der Waals surface area (Å²) >= 11 is 1.77. The zero-order valence-electron chi connectivity index (χ0n) is 13.1. The number of anilines is 1. The summed E-state index contributed by atoms with van der Waals surface area (Å²) in [6.07, 6.45) is 4.27. The summed E-state index contributed by atoms with van der Waals surface area (Å²) in [6.45, 7) is 7.61. The SMILES string of the molecule is CC(C)(C)c1ncc(NC(=O)N2CCc3sccc3C2)cn1. The number of thiophene rings is 1. The Morgan fingerprint density at radius 1 is 1.32 bits per heavy atom. The Kier molecular flexibility index (Phi) is 3.87. The maximum atomic E-state index is 12.3. The second-order valence-electron chi connectivity index (χ2n) is 6.52. The van der Waals surface area contributed by atoms with E-state index in [2.05, 4.69) is 47.5 Å². The molecule has 0 spiro atoms. The molecule has 1 aliphatic rings. The van der Waals surface area contributed by atoms with Crippen molar-refractivity contribution in [3.05, 3.63) is 40.1 Å². The van der Waals surface area contributed by atoms with E-state index in [9.17, 15) is 4.79 Å². The van der Waals surface area contributed by atoms with Crippen LogP contribution in [0.15, 0.2) is 23.8 Å². The summed E-state index contributed by atoms with van der Waals surface area (Å²) in [5, 5.41) is 4.97. The molecule has 0 unspecified atom stereocenters. The lowest BCUT2D eigenvalue weighted by Crippen LogP contribution is -2.38. The molecule has 22 heavy (non-hydrogen) atoms. The van der Waals surface area contributed by atoms with Gasteiger partial charge in [0.05, 0.1) is 18.1 Å². The number of hydrogen-bond donors (Lipinski definition) is 1. The van der Waals surface area contributed by atoms with Gasteiger partial charge in [-0.1, -0.05) is 20.8 Å². The minimum absolute atomic E-state index is 0.0925. The number of carbonyl (C=O) groups excluding carboxylic acids is 1. The minimum Gasteiger partial charge on any atom is -0.320 e. The van der Waals surface area contributed by atoms with Crippen molar-refractivity contribution in [2.75, 3.05) is 11.9 Å². The molecule has 3 heterocycles. The maximum absolute atomic E-state index is 12.3. The summed E-state index contributed by atoms with van der Waals surface area (Å²) in [5.41, 5.74) is 1.80. The van der Waals surface area contributed by atoms with Crippen molar-refractivity contribution in [2.24, 2.45) is 0 Å². The molecule has 1 N–H and O–H groups in total. The number of carbonyl (C=O) groups is 1. The molecule has 0 bridgehead atoms. The van der Waals surface area contributed by atoms with Crippen LogP contribution in [0.25, 0.3) is 0 Å². The predicted molar refractivity (Wildman–Crippen MR) is 88.2 cm³/mol. The number of aromatic nitrogens is 2. The fourth-order valence-electron chi connectivity index (χ4n) is 2.40. The summed E-state index contributed by atoms with van der Waals surface area (Å²) in [4.78, 5) is 24.2. The second kappa shape index (κ2) is 5.68. The molecule has 3 rings (SSSR count). The van der Waals surface area contributed by atoms with Crippen LogP contribution in [0.5, 0.6) is 0 Å². The molecule has 2 amide bonds. The lowest BCUT2D eigenvalue weighted by atomic mass is 9.96. The molecule has 2 aromatic rings. The smallest absolute Gasteiger partial charge is 0.320 e. The van der Waals surface area contributed by atoms with Crippen molar-refractivity contribution < 1.29 is 4.79 Å². The molecular formula is C16H20N4OS. The Morgan fingerprint density at radius 3 is 2.73 bits per heavy atom. The number of amides is 2. The Labute approximate surface area is 134 Å². The van der Waals surface area contributed by atoms with Gasteiger partial charge in [-0.25, -0.2) is 14.8 Å². The normalized spacial score (nSPS) is 14.6. The minimum atomic E-state index is -0.0936. The zero-order valence-corrected chi connectivity index (χ0v) is 13.9. The molecule has 0 fully saturated rings. The third-order valence-electron chi connectivity index (χ3n) is 3.67. The number of nitrogens with one attached hydrogen (secondary N) is 1. The fraction of sp³-hybridized carbons (Fsp3) is 0.438. The highest BCUT2D eigenvalue weighted by Gasteiger charge is 2.22. The quantitative estimate of drug-likeness (QED) is 0.877. The lowest BCUT2D eigenvalue weighted by molar-refractivity contribution is 0.207. The average molecular weight is 316 g/mol. The van der Waals surface area contributed by atoms with E-state index in [-0.39, 0.29) is 11.4 Å². The lowest BCUT2D eigenvalue weighted by Gasteiger charge is -2.27. The van der Waals surface area contributed by atoms with E-state index in [0.29, 0.717) is 12.2 Å². The Morgan fingerprint density at radius 2 is 2.05 bits per heavy atom. The molecule has 0 atom stereocenters. The highest BCUT2D eigenvalue weighted by atomic mass is 32.1. The van der Waals surface area contributed by atoms with Crippen LogP contribution in [0.3, 0.4) is 0 Å². The van der Waals surface area contributed by atoms with Gasteiger partial charge in [-0.3, -0.25) is 0 Å². The summed E-state index contributed by atoms with van der Waals surface area (Å²) in [7, 11) is 0. The maximum Gasteiger partial charge on any atom is 0.322 e. The van der Waals surface area contributed by atoms with E-state index in [1.165, 1.54) is 10.4 Å². The van der Waals surface area contributed by atoms with Gasteiger partial charge in [-0.05, 0) is 23.4 Å². The first-order chi connectivity index (χ1) is 10.4. The highest BCUT2D eigenvalue weighted by Crippen LogP contribution is 2.24. The first-order valence-electron chi connectivity index (χ1n) is 7.37. The van der Waals surface area contributed by atoms with Crippen molar-refractivity contribution in [1.29, 1.82) is 0 Å². The van der Waals surface area contributed by atoms with E-state index in [4.69, 9.17) is 0 Å². The molecule has 0 aliphatic carbocycles. The van der Waals surface area contributed by atoms with Crippen LogP contribution >= 0.6 is 11.3 Å². The molecular weight excluding hydrogens is 296 g/mol. The standard InChI is InChI=1S/C16H20N4OS/c1-16(2,3)14-17-8-12(9-18-14)19-15(21)20-6-4-13-11(10-20)5-7-22-13/h5,7-9H,4,6,10H2,1-3H3,(H,19,21). The van der Waals surface area contributed by atoms with E-state index < -0.39 is 0 Å². The van der Waals surface area contributed by atoms with Gasteiger partial charge in [0.15, 0.2) is 0 Å². The summed E-state index contributed by atoms with van der Waals surface area (Å²) in [6, 6.07) is 2.00. The van der Waals surface area contributed by atoms with Gasteiger partial charge in [0.25, 0.3) is 0 Å². The van der Waals surface area contributed by atoms with Crippen molar-refractivity contribution in [2.45, 2.75) is 39.2 Å². The molecule has 116 valence electrons. The van der Waals surface area contributed by atoms with Gasteiger partial charge in [-0.15, -0.1) is 11.3 Å². The topological polar surface area (TPSA) is 58.1 Å². The van der Waals surface area contributed by atoms with Gasteiger partial charge in [0.2, 0.25) is 0 Å². The van der Waals surface area contributed by atoms with Crippen molar-refractivity contribution in [3.8, 4) is 0 Å². The van der Waals surface area contributed by atoms with Crippen LogP contribution in [0.4, 0.5) is 10.5 Å². The Hall–Kier alpha value is -1.95. The molecule has 1 aliphatic heterocycles. The van der Waals surface area contributed by atoms with Crippen molar-refractivity contribution in [3.63, 3.8) is 0 Å². The number of urea groups is 1. The van der Waals surface area contributed by atoms with E-state index in [1.54, 1.807) is 23.7 Å². The predicted octanol–water partition coefficient (Wildman–Crippen LogP) is 3.43. The molecule has 5 nitrogen and oxygen atoms in total. The van der Waals surface area contributed by atoms with Gasteiger partial charge in [0.1, 0.15) is 5.82 Å². The first kappa shape index (κ1) is 15.0. The number of rotatable bonds is 1. The summed E-state index contributed by atoms with van der Waals surface area (Å²) in [5.74, 6) is 0.770. The average Bonchev–Trinajstić information content (AvgIpc) is 2.94. The zero-order chi connectivity index (χ0) is 15.7. The van der Waals surface area contributed by atoms with Crippen LogP contribution in [0.2, 0.25) is 0 Å². The molecule has 2 aromatic heterocycles. The Balaban J connectivity index is 1.65. The third kappa shape index (κ3) is 3.11. The number of nitrogens with zero attached hydrogens (tertiary/aromatic N) is 3. The molecule has 0 aromatic carbocycles. The second-order valence-corrected chi connectivity index (χ2v) is 7.52. The molecule has 0 saturated heterocycles. The largest absolute Gasteiger partial charge is 0.322 e. The Bertz CT molecular complexity index is 672. The first-order valence-corrected chi connectivity index (χ1v) is 8.25. The van der Waals surface area contributed by atoms with Gasteiger partial charge >= 0.3 is 6.03 Å². The third-order valence-corrected chi connectivity index (χ3v) is 4.69. The van der Waals surface area contributed by atoms with Gasteiger partial charge in [-0.2, -0.15) is 0 Å². The fourth-order valence-corrected chi connectivity index (χ4v) is 3.29.